The van der Waals surface area contributed by atoms with Crippen LogP contribution in [0.2, 0.25) is 0 Å². The lowest BCUT2D eigenvalue weighted by Gasteiger charge is -2.15. The zero-order chi connectivity index (χ0) is 13.8. The molecule has 19 heavy (non-hydrogen) atoms. The van der Waals surface area contributed by atoms with E-state index in [1.807, 2.05) is 25.2 Å². The first kappa shape index (κ1) is 13.4. The quantitative estimate of drug-likeness (QED) is 0.882. The van der Waals surface area contributed by atoms with E-state index in [4.69, 9.17) is 4.74 Å². The summed E-state index contributed by atoms with van der Waals surface area (Å²) in [6.07, 6.45) is 0. The van der Waals surface area contributed by atoms with Crippen molar-refractivity contribution in [2.75, 3.05) is 14.2 Å². The fraction of sp³-hybridized carbons (Fsp3) is 0.250. The standard InChI is InChI=1S/C16H19NO2/c1-11(17-2)13-6-9-16(19-3)15(10-13)12-4-7-14(18)8-5-12/h4-11,17-18H,1-3H3. The summed E-state index contributed by atoms with van der Waals surface area (Å²) in [4.78, 5) is 0. The van der Waals surface area contributed by atoms with Crippen molar-refractivity contribution in [3.05, 3.63) is 48.0 Å². The Morgan fingerprint density at radius 3 is 2.37 bits per heavy atom. The summed E-state index contributed by atoms with van der Waals surface area (Å²) in [5, 5.41) is 12.6. The Morgan fingerprint density at radius 2 is 1.79 bits per heavy atom. The molecule has 3 heteroatoms. The van der Waals surface area contributed by atoms with Crippen LogP contribution in [0, 0.1) is 0 Å². The summed E-state index contributed by atoms with van der Waals surface area (Å²) < 4.78 is 5.42. The monoisotopic (exact) mass is 257 g/mol. The van der Waals surface area contributed by atoms with E-state index in [0.717, 1.165) is 16.9 Å². The summed E-state index contributed by atoms with van der Waals surface area (Å²) in [6.45, 7) is 2.11. The molecular formula is C16H19NO2. The van der Waals surface area contributed by atoms with Gasteiger partial charge in [-0.3, -0.25) is 0 Å². The highest BCUT2D eigenvalue weighted by atomic mass is 16.5. The summed E-state index contributed by atoms with van der Waals surface area (Å²) in [5.74, 6) is 1.10. The molecule has 0 radical (unpaired) electrons. The summed E-state index contributed by atoms with van der Waals surface area (Å²) in [7, 11) is 3.61. The van der Waals surface area contributed by atoms with E-state index >= 15 is 0 Å². The minimum absolute atomic E-state index is 0.266. The third kappa shape index (κ3) is 2.88. The lowest BCUT2D eigenvalue weighted by Crippen LogP contribution is -2.12. The van der Waals surface area contributed by atoms with Crippen molar-refractivity contribution in [2.45, 2.75) is 13.0 Å². The molecule has 100 valence electrons. The fourth-order valence-electron chi connectivity index (χ4n) is 2.03. The Hall–Kier alpha value is -2.00. The number of methoxy groups -OCH3 is 1. The lowest BCUT2D eigenvalue weighted by molar-refractivity contribution is 0.416. The maximum absolute atomic E-state index is 9.37. The van der Waals surface area contributed by atoms with Crippen LogP contribution in [0.15, 0.2) is 42.5 Å². The molecule has 0 aliphatic rings. The van der Waals surface area contributed by atoms with Gasteiger partial charge in [-0.2, -0.15) is 0 Å². The number of benzene rings is 2. The Bertz CT molecular complexity index is 549. The van der Waals surface area contributed by atoms with Gasteiger partial charge in [0.05, 0.1) is 7.11 Å². The number of aromatic hydroxyl groups is 1. The van der Waals surface area contributed by atoms with Gasteiger partial charge in [0, 0.05) is 11.6 Å². The normalized spacial score (nSPS) is 12.2. The van der Waals surface area contributed by atoms with Crippen molar-refractivity contribution in [1.29, 1.82) is 0 Å². The van der Waals surface area contributed by atoms with Gasteiger partial charge < -0.3 is 15.2 Å². The molecule has 0 spiro atoms. The van der Waals surface area contributed by atoms with Crippen LogP contribution in [0.5, 0.6) is 11.5 Å². The van der Waals surface area contributed by atoms with Gasteiger partial charge in [0.2, 0.25) is 0 Å². The minimum Gasteiger partial charge on any atom is -0.508 e. The highest BCUT2D eigenvalue weighted by Gasteiger charge is 2.10. The third-order valence-electron chi connectivity index (χ3n) is 3.33. The lowest BCUT2D eigenvalue weighted by atomic mass is 9.99. The molecule has 2 rings (SSSR count). The van der Waals surface area contributed by atoms with E-state index in [9.17, 15) is 5.11 Å². The van der Waals surface area contributed by atoms with Crippen LogP contribution in [0.3, 0.4) is 0 Å². The van der Waals surface area contributed by atoms with Crippen LogP contribution in [0.4, 0.5) is 0 Å². The maximum atomic E-state index is 9.37. The average Bonchev–Trinajstić information content (AvgIpc) is 2.46. The van der Waals surface area contributed by atoms with Crippen LogP contribution in [-0.2, 0) is 0 Å². The number of phenols is 1. The Labute approximate surface area is 113 Å². The third-order valence-corrected chi connectivity index (χ3v) is 3.33. The number of hydrogen-bond acceptors (Lipinski definition) is 3. The summed E-state index contributed by atoms with van der Waals surface area (Å²) in [6, 6.07) is 13.6. The molecule has 1 unspecified atom stereocenters. The van der Waals surface area contributed by atoms with E-state index in [-0.39, 0.29) is 11.8 Å². The Kier molecular flexibility index (Phi) is 4.07. The molecular weight excluding hydrogens is 238 g/mol. The number of hydrogen-bond donors (Lipinski definition) is 2. The molecule has 0 aliphatic carbocycles. The first-order valence-corrected chi connectivity index (χ1v) is 6.30. The van der Waals surface area contributed by atoms with Gasteiger partial charge in [0.1, 0.15) is 11.5 Å². The van der Waals surface area contributed by atoms with Gasteiger partial charge >= 0.3 is 0 Å². The first-order valence-electron chi connectivity index (χ1n) is 6.30. The molecule has 0 amide bonds. The Morgan fingerprint density at radius 1 is 1.11 bits per heavy atom. The second kappa shape index (κ2) is 5.76. The zero-order valence-electron chi connectivity index (χ0n) is 11.5. The van der Waals surface area contributed by atoms with Gasteiger partial charge in [-0.15, -0.1) is 0 Å². The number of rotatable bonds is 4. The van der Waals surface area contributed by atoms with E-state index in [1.165, 1.54) is 5.56 Å². The van der Waals surface area contributed by atoms with E-state index in [0.29, 0.717) is 0 Å². The first-order chi connectivity index (χ1) is 9.15. The number of phenolic OH excluding ortho intramolecular Hbond substituents is 1. The maximum Gasteiger partial charge on any atom is 0.126 e. The molecule has 0 heterocycles. The smallest absolute Gasteiger partial charge is 0.126 e. The fourth-order valence-corrected chi connectivity index (χ4v) is 2.03. The second-order valence-corrected chi connectivity index (χ2v) is 4.52. The van der Waals surface area contributed by atoms with E-state index < -0.39 is 0 Å². The Balaban J connectivity index is 2.49. The molecule has 0 fully saturated rings. The highest BCUT2D eigenvalue weighted by molar-refractivity contribution is 5.71. The van der Waals surface area contributed by atoms with Gasteiger partial charge in [-0.25, -0.2) is 0 Å². The van der Waals surface area contributed by atoms with Crippen LogP contribution in [0.1, 0.15) is 18.5 Å². The highest BCUT2D eigenvalue weighted by Crippen LogP contribution is 2.33. The van der Waals surface area contributed by atoms with Crippen molar-refractivity contribution in [3.63, 3.8) is 0 Å². The molecule has 0 aromatic heterocycles. The SMILES string of the molecule is CNC(C)c1ccc(OC)c(-c2ccc(O)cc2)c1. The van der Waals surface area contributed by atoms with Crippen molar-refractivity contribution in [1.82, 2.24) is 5.32 Å². The van der Waals surface area contributed by atoms with Crippen molar-refractivity contribution in [2.24, 2.45) is 0 Å². The van der Waals surface area contributed by atoms with E-state index in [2.05, 4.69) is 24.4 Å². The summed E-state index contributed by atoms with van der Waals surface area (Å²) in [5.41, 5.74) is 3.26. The predicted molar refractivity (Wildman–Crippen MR) is 77.6 cm³/mol. The second-order valence-electron chi connectivity index (χ2n) is 4.52. The van der Waals surface area contributed by atoms with Gasteiger partial charge in [-0.05, 0) is 49.4 Å². The zero-order valence-corrected chi connectivity index (χ0v) is 11.5. The molecule has 0 saturated heterocycles. The van der Waals surface area contributed by atoms with Crippen LogP contribution >= 0.6 is 0 Å². The molecule has 1 atom stereocenters. The van der Waals surface area contributed by atoms with Gasteiger partial charge in [-0.1, -0.05) is 18.2 Å². The summed E-state index contributed by atoms with van der Waals surface area (Å²) >= 11 is 0. The predicted octanol–water partition coefficient (Wildman–Crippen LogP) is 3.35. The number of nitrogens with one attached hydrogen (secondary N) is 1. The van der Waals surface area contributed by atoms with Crippen molar-refractivity contribution in [3.8, 4) is 22.6 Å². The molecule has 2 aromatic carbocycles. The topological polar surface area (TPSA) is 41.5 Å². The van der Waals surface area contributed by atoms with Crippen LogP contribution < -0.4 is 10.1 Å². The van der Waals surface area contributed by atoms with Crippen LogP contribution in [0.25, 0.3) is 11.1 Å². The van der Waals surface area contributed by atoms with Crippen molar-refractivity contribution < 1.29 is 9.84 Å². The average molecular weight is 257 g/mol. The number of ether oxygens (including phenoxy) is 1. The molecule has 0 saturated carbocycles. The molecule has 2 aromatic rings. The van der Waals surface area contributed by atoms with Gasteiger partial charge in [0.15, 0.2) is 0 Å². The molecule has 3 nitrogen and oxygen atoms in total. The van der Waals surface area contributed by atoms with E-state index in [1.54, 1.807) is 19.2 Å². The van der Waals surface area contributed by atoms with Crippen LogP contribution in [-0.4, -0.2) is 19.3 Å². The van der Waals surface area contributed by atoms with Gasteiger partial charge in [0.25, 0.3) is 0 Å². The largest absolute Gasteiger partial charge is 0.508 e. The molecule has 0 bridgehead atoms. The molecule has 0 aliphatic heterocycles. The minimum atomic E-state index is 0.266. The molecule has 2 N–H and O–H groups in total. The van der Waals surface area contributed by atoms with Crippen molar-refractivity contribution >= 4 is 0 Å².